The lowest BCUT2D eigenvalue weighted by Gasteiger charge is -2.17. The van der Waals surface area contributed by atoms with Gasteiger partial charge in [-0.2, -0.15) is 0 Å². The van der Waals surface area contributed by atoms with Gasteiger partial charge in [0.15, 0.2) is 0 Å². The number of nitrogens with zero attached hydrogens (tertiary/aromatic N) is 1. The van der Waals surface area contributed by atoms with E-state index in [2.05, 4.69) is 27.6 Å². The highest BCUT2D eigenvalue weighted by Gasteiger charge is 2.41. The number of nitrogens with one attached hydrogen (secondary N) is 1. The maximum Gasteiger partial charge on any atom is 0.330 e. The number of aromatic nitrogens is 2. The summed E-state index contributed by atoms with van der Waals surface area (Å²) < 4.78 is 7.58. The highest BCUT2D eigenvalue weighted by atomic mass is 127. The van der Waals surface area contributed by atoms with E-state index in [0.29, 0.717) is 4.43 Å². The Morgan fingerprint density at radius 3 is 2.82 bits per heavy atom. The van der Waals surface area contributed by atoms with Crippen LogP contribution in [0.15, 0.2) is 21.9 Å². The largest absolute Gasteiger partial charge is 0.390 e. The third-order valence-electron chi connectivity index (χ3n) is 2.96. The van der Waals surface area contributed by atoms with Gasteiger partial charge in [0.25, 0.3) is 5.56 Å². The van der Waals surface area contributed by atoms with E-state index in [1.807, 2.05) is 6.92 Å². The van der Waals surface area contributed by atoms with Gasteiger partial charge in [-0.15, -0.1) is 0 Å². The van der Waals surface area contributed by atoms with Gasteiger partial charge in [0.1, 0.15) is 6.23 Å². The molecular weight excluding hydrogens is 339 g/mol. The van der Waals surface area contributed by atoms with Crippen LogP contribution in [-0.2, 0) is 4.74 Å². The molecule has 1 saturated heterocycles. The summed E-state index contributed by atoms with van der Waals surface area (Å²) in [7, 11) is 0. The molecule has 1 fully saturated rings. The zero-order valence-electron chi connectivity index (χ0n) is 9.17. The first-order chi connectivity index (χ1) is 8.04. The maximum atomic E-state index is 11.6. The summed E-state index contributed by atoms with van der Waals surface area (Å²) in [6, 6.07) is 1.27. The summed E-state index contributed by atoms with van der Waals surface area (Å²) in [4.78, 5) is 24.8. The lowest BCUT2D eigenvalue weighted by atomic mass is 10.0. The van der Waals surface area contributed by atoms with Crippen molar-refractivity contribution in [2.24, 2.45) is 5.92 Å². The molecule has 1 aliphatic rings. The summed E-state index contributed by atoms with van der Waals surface area (Å²) >= 11 is 2.13. The van der Waals surface area contributed by atoms with Gasteiger partial charge in [0.2, 0.25) is 0 Å². The number of alkyl halides is 1. The quantitative estimate of drug-likeness (QED) is 0.574. The number of H-pyrrole nitrogens is 1. The van der Waals surface area contributed by atoms with Gasteiger partial charge < -0.3 is 9.84 Å². The van der Waals surface area contributed by atoms with E-state index < -0.39 is 23.6 Å². The Labute approximate surface area is 111 Å². The van der Waals surface area contributed by atoms with Crippen LogP contribution in [0, 0.1) is 5.92 Å². The van der Waals surface area contributed by atoms with Crippen molar-refractivity contribution in [2.45, 2.75) is 25.4 Å². The van der Waals surface area contributed by atoms with Crippen LogP contribution in [0.3, 0.4) is 0 Å². The monoisotopic (exact) mass is 352 g/mol. The van der Waals surface area contributed by atoms with Crippen LogP contribution < -0.4 is 11.2 Å². The van der Waals surface area contributed by atoms with E-state index in [4.69, 9.17) is 4.74 Å². The SMILES string of the molecule is CC1C(O)C(CI)OC1n1ccc(=O)[nH]c1=O. The predicted molar refractivity (Wildman–Crippen MR) is 69.3 cm³/mol. The van der Waals surface area contributed by atoms with Crippen molar-refractivity contribution < 1.29 is 9.84 Å². The Kier molecular flexibility index (Phi) is 3.69. The molecule has 0 bridgehead atoms. The molecule has 2 rings (SSSR count). The molecule has 0 amide bonds. The molecule has 0 spiro atoms. The van der Waals surface area contributed by atoms with Crippen molar-refractivity contribution in [1.29, 1.82) is 0 Å². The third kappa shape index (κ3) is 2.31. The molecule has 6 nitrogen and oxygen atoms in total. The second-order valence-electron chi connectivity index (χ2n) is 4.09. The van der Waals surface area contributed by atoms with Crippen LogP contribution in [0.5, 0.6) is 0 Å². The van der Waals surface area contributed by atoms with Crippen molar-refractivity contribution in [3.05, 3.63) is 33.1 Å². The summed E-state index contributed by atoms with van der Waals surface area (Å²) in [6.45, 7) is 1.82. The molecule has 0 radical (unpaired) electrons. The number of ether oxygens (including phenoxy) is 1. The minimum atomic E-state index is -0.601. The molecule has 1 aromatic rings. The number of halogens is 1. The highest BCUT2D eigenvalue weighted by Crippen LogP contribution is 2.34. The Morgan fingerprint density at radius 1 is 1.59 bits per heavy atom. The normalized spacial score (nSPS) is 32.9. The van der Waals surface area contributed by atoms with Gasteiger partial charge in [-0.25, -0.2) is 4.79 Å². The molecule has 94 valence electrons. The van der Waals surface area contributed by atoms with E-state index >= 15 is 0 Å². The molecule has 17 heavy (non-hydrogen) atoms. The van der Waals surface area contributed by atoms with Gasteiger partial charge in [-0.3, -0.25) is 14.3 Å². The molecule has 4 unspecified atom stereocenters. The molecule has 0 saturated carbocycles. The lowest BCUT2D eigenvalue weighted by Crippen LogP contribution is -2.33. The van der Waals surface area contributed by atoms with Crippen LogP contribution in [0.25, 0.3) is 0 Å². The summed E-state index contributed by atoms with van der Waals surface area (Å²) in [5.74, 6) is -0.196. The van der Waals surface area contributed by atoms with E-state index in [0.717, 1.165) is 0 Å². The number of aliphatic hydroxyl groups is 1. The molecule has 0 aromatic carbocycles. The van der Waals surface area contributed by atoms with Gasteiger partial charge in [-0.1, -0.05) is 29.5 Å². The number of hydrogen-bond acceptors (Lipinski definition) is 4. The number of rotatable bonds is 2. The molecule has 1 aliphatic heterocycles. The molecular formula is C10H13IN2O4. The Balaban J connectivity index is 2.35. The van der Waals surface area contributed by atoms with Crippen LogP contribution in [0.2, 0.25) is 0 Å². The van der Waals surface area contributed by atoms with Crippen LogP contribution in [-0.4, -0.2) is 31.3 Å². The molecule has 0 aliphatic carbocycles. The van der Waals surface area contributed by atoms with Gasteiger partial charge in [0.05, 0.1) is 12.2 Å². The number of aromatic amines is 1. The molecule has 2 N–H and O–H groups in total. The molecule has 7 heteroatoms. The fraction of sp³-hybridized carbons (Fsp3) is 0.600. The van der Waals surface area contributed by atoms with Gasteiger partial charge in [0, 0.05) is 22.6 Å². The minimum Gasteiger partial charge on any atom is -0.390 e. The van der Waals surface area contributed by atoms with Gasteiger partial charge in [-0.05, 0) is 0 Å². The fourth-order valence-corrected chi connectivity index (χ4v) is 2.69. The van der Waals surface area contributed by atoms with Crippen molar-refractivity contribution in [3.63, 3.8) is 0 Å². The molecule has 1 aromatic heterocycles. The van der Waals surface area contributed by atoms with E-state index in [1.54, 1.807) is 0 Å². The van der Waals surface area contributed by atoms with Crippen LogP contribution >= 0.6 is 22.6 Å². The second-order valence-corrected chi connectivity index (χ2v) is 4.97. The van der Waals surface area contributed by atoms with Crippen molar-refractivity contribution in [3.8, 4) is 0 Å². The Morgan fingerprint density at radius 2 is 2.29 bits per heavy atom. The Hall–Kier alpha value is -0.670. The summed E-state index contributed by atoms with van der Waals surface area (Å²) in [5, 5.41) is 9.92. The zero-order valence-corrected chi connectivity index (χ0v) is 11.3. The predicted octanol–water partition coefficient (Wildman–Crippen LogP) is -0.134. The van der Waals surface area contributed by atoms with E-state index in [-0.39, 0.29) is 12.0 Å². The molecule has 4 atom stereocenters. The van der Waals surface area contributed by atoms with Crippen molar-refractivity contribution >= 4 is 22.6 Å². The fourth-order valence-electron chi connectivity index (χ4n) is 1.97. The van der Waals surface area contributed by atoms with Crippen molar-refractivity contribution in [1.82, 2.24) is 9.55 Å². The topological polar surface area (TPSA) is 84.3 Å². The van der Waals surface area contributed by atoms with Crippen LogP contribution in [0.4, 0.5) is 0 Å². The minimum absolute atomic E-state index is 0.196. The van der Waals surface area contributed by atoms with E-state index in [9.17, 15) is 14.7 Å². The zero-order chi connectivity index (χ0) is 12.6. The second kappa shape index (κ2) is 4.91. The first-order valence-corrected chi connectivity index (χ1v) is 6.78. The molecule has 2 heterocycles. The van der Waals surface area contributed by atoms with Gasteiger partial charge >= 0.3 is 5.69 Å². The van der Waals surface area contributed by atoms with E-state index in [1.165, 1.54) is 16.8 Å². The number of hydrogen-bond donors (Lipinski definition) is 2. The highest BCUT2D eigenvalue weighted by molar-refractivity contribution is 14.1. The average Bonchev–Trinajstić information content (AvgIpc) is 2.57. The number of aliphatic hydroxyl groups excluding tert-OH is 1. The standard InChI is InChI=1S/C10H13IN2O4/c1-5-8(15)6(4-11)17-9(5)13-3-2-7(14)12-10(13)16/h2-3,5-6,8-9,15H,4H2,1H3,(H,12,14,16). The van der Waals surface area contributed by atoms with Crippen molar-refractivity contribution in [2.75, 3.05) is 4.43 Å². The van der Waals surface area contributed by atoms with Crippen LogP contribution in [0.1, 0.15) is 13.2 Å². The smallest absolute Gasteiger partial charge is 0.330 e. The first kappa shape index (κ1) is 12.8. The summed E-state index contributed by atoms with van der Waals surface area (Å²) in [6.07, 6.45) is -0.0239. The first-order valence-electron chi connectivity index (χ1n) is 5.25. The lowest BCUT2D eigenvalue weighted by molar-refractivity contribution is -0.0106. The average molecular weight is 352 g/mol. The maximum absolute atomic E-state index is 11.6. The third-order valence-corrected chi connectivity index (χ3v) is 3.83. The summed E-state index contributed by atoms with van der Waals surface area (Å²) in [5.41, 5.74) is -0.960. The Bertz CT molecular complexity index is 512.